The first-order valence-electron chi connectivity index (χ1n) is 5.83. The third-order valence-electron chi connectivity index (χ3n) is 2.87. The average Bonchev–Trinajstić information content (AvgIpc) is 2.28. The lowest BCUT2D eigenvalue weighted by Crippen LogP contribution is -2.10. The zero-order valence-electron chi connectivity index (χ0n) is 10.5. The first-order chi connectivity index (χ1) is 7.97. The van der Waals surface area contributed by atoms with Crippen molar-refractivity contribution in [2.24, 2.45) is 0 Å². The summed E-state index contributed by atoms with van der Waals surface area (Å²) in [6, 6.07) is 16.6. The minimum atomic E-state index is 0.119. The average molecular weight is 245 g/mol. The standard InChI is InChI=1S/C16H17Cl/c1-16(2,3)14-9-13(10-15(17)11-14)12-7-5-4-6-8-12/h4-11H,1-3H3. The van der Waals surface area contributed by atoms with Crippen LogP contribution in [0.15, 0.2) is 48.5 Å². The van der Waals surface area contributed by atoms with E-state index in [1.807, 2.05) is 30.3 Å². The first kappa shape index (κ1) is 12.2. The molecule has 0 amide bonds. The van der Waals surface area contributed by atoms with Crippen molar-refractivity contribution >= 4 is 11.6 Å². The lowest BCUT2D eigenvalue weighted by atomic mass is 9.85. The number of halogens is 1. The highest BCUT2D eigenvalue weighted by Crippen LogP contribution is 2.30. The fraction of sp³-hybridized carbons (Fsp3) is 0.250. The molecule has 0 heterocycles. The molecule has 0 nitrogen and oxygen atoms in total. The Morgan fingerprint density at radius 3 is 2.06 bits per heavy atom. The van der Waals surface area contributed by atoms with Gasteiger partial charge in [-0.15, -0.1) is 0 Å². The summed E-state index contributed by atoms with van der Waals surface area (Å²) in [6.07, 6.45) is 0. The molecule has 0 aliphatic rings. The van der Waals surface area contributed by atoms with E-state index in [0.717, 1.165) is 5.02 Å². The van der Waals surface area contributed by atoms with Crippen LogP contribution < -0.4 is 0 Å². The van der Waals surface area contributed by atoms with Gasteiger partial charge >= 0.3 is 0 Å². The molecule has 1 heteroatoms. The van der Waals surface area contributed by atoms with Crippen molar-refractivity contribution in [2.45, 2.75) is 26.2 Å². The Labute approximate surface area is 108 Å². The molecule has 0 bridgehead atoms. The molecule has 2 aromatic rings. The lowest BCUT2D eigenvalue weighted by Gasteiger charge is -2.20. The molecule has 2 aromatic carbocycles. The largest absolute Gasteiger partial charge is 0.0843 e. The summed E-state index contributed by atoms with van der Waals surface area (Å²) in [4.78, 5) is 0. The molecule has 88 valence electrons. The van der Waals surface area contributed by atoms with Gasteiger partial charge < -0.3 is 0 Å². The second-order valence-electron chi connectivity index (χ2n) is 5.34. The number of hydrogen-bond acceptors (Lipinski definition) is 0. The van der Waals surface area contributed by atoms with Crippen LogP contribution >= 0.6 is 11.6 Å². The summed E-state index contributed by atoms with van der Waals surface area (Å²) >= 11 is 6.21. The van der Waals surface area contributed by atoms with Crippen LogP contribution in [0, 0.1) is 0 Å². The van der Waals surface area contributed by atoms with Gasteiger partial charge in [0, 0.05) is 5.02 Å². The highest BCUT2D eigenvalue weighted by Gasteiger charge is 2.15. The summed E-state index contributed by atoms with van der Waals surface area (Å²) in [5.41, 5.74) is 3.78. The number of benzene rings is 2. The molecule has 0 spiro atoms. The number of hydrogen-bond donors (Lipinski definition) is 0. The quantitative estimate of drug-likeness (QED) is 0.638. The molecule has 17 heavy (non-hydrogen) atoms. The molecule has 0 unspecified atom stereocenters. The summed E-state index contributed by atoms with van der Waals surface area (Å²) in [7, 11) is 0. The van der Waals surface area contributed by atoms with Crippen molar-refractivity contribution in [1.82, 2.24) is 0 Å². The van der Waals surface area contributed by atoms with E-state index in [1.54, 1.807) is 0 Å². The van der Waals surface area contributed by atoms with Gasteiger partial charge in [-0.25, -0.2) is 0 Å². The first-order valence-corrected chi connectivity index (χ1v) is 6.21. The van der Waals surface area contributed by atoms with Crippen molar-refractivity contribution in [1.29, 1.82) is 0 Å². The van der Waals surface area contributed by atoms with Crippen molar-refractivity contribution in [3.8, 4) is 11.1 Å². The molecular formula is C16H17Cl. The van der Waals surface area contributed by atoms with Gasteiger partial charge in [-0.05, 0) is 34.2 Å². The van der Waals surface area contributed by atoms with Crippen molar-refractivity contribution < 1.29 is 0 Å². The molecule has 0 aromatic heterocycles. The van der Waals surface area contributed by atoms with Crippen LogP contribution in [-0.4, -0.2) is 0 Å². The SMILES string of the molecule is CC(C)(C)c1cc(Cl)cc(-c2ccccc2)c1. The maximum absolute atomic E-state index is 6.21. The summed E-state index contributed by atoms with van der Waals surface area (Å²) in [5, 5.41) is 0.802. The molecule has 0 radical (unpaired) electrons. The van der Waals surface area contributed by atoms with Gasteiger partial charge in [0.1, 0.15) is 0 Å². The van der Waals surface area contributed by atoms with Crippen LogP contribution in [0.2, 0.25) is 5.02 Å². The van der Waals surface area contributed by atoms with E-state index in [1.165, 1.54) is 16.7 Å². The Kier molecular flexibility index (Phi) is 3.26. The van der Waals surface area contributed by atoms with Crippen LogP contribution in [0.4, 0.5) is 0 Å². The summed E-state index contributed by atoms with van der Waals surface area (Å²) in [5.74, 6) is 0. The molecule has 0 atom stereocenters. The van der Waals surface area contributed by atoms with Crippen molar-refractivity contribution in [3.05, 3.63) is 59.1 Å². The van der Waals surface area contributed by atoms with Crippen molar-refractivity contribution in [2.75, 3.05) is 0 Å². The molecule has 2 rings (SSSR count). The third-order valence-corrected chi connectivity index (χ3v) is 3.09. The van der Waals surface area contributed by atoms with E-state index < -0.39 is 0 Å². The van der Waals surface area contributed by atoms with E-state index >= 15 is 0 Å². The van der Waals surface area contributed by atoms with E-state index in [2.05, 4.69) is 39.0 Å². The Morgan fingerprint density at radius 2 is 1.47 bits per heavy atom. The van der Waals surface area contributed by atoms with E-state index in [4.69, 9.17) is 11.6 Å². The maximum atomic E-state index is 6.21. The second kappa shape index (κ2) is 4.54. The summed E-state index contributed by atoms with van der Waals surface area (Å²) < 4.78 is 0. The molecule has 0 N–H and O–H groups in total. The Balaban J connectivity index is 2.54. The predicted octanol–water partition coefficient (Wildman–Crippen LogP) is 5.30. The molecule has 0 aliphatic carbocycles. The van der Waals surface area contributed by atoms with Crippen LogP contribution in [0.1, 0.15) is 26.3 Å². The molecule has 0 saturated heterocycles. The minimum absolute atomic E-state index is 0.119. The lowest BCUT2D eigenvalue weighted by molar-refractivity contribution is 0.590. The van der Waals surface area contributed by atoms with Gasteiger partial charge in [0.05, 0.1) is 0 Å². The van der Waals surface area contributed by atoms with Gasteiger partial charge in [-0.3, -0.25) is 0 Å². The second-order valence-corrected chi connectivity index (χ2v) is 5.78. The van der Waals surface area contributed by atoms with E-state index in [9.17, 15) is 0 Å². The number of rotatable bonds is 1. The monoisotopic (exact) mass is 244 g/mol. The maximum Gasteiger partial charge on any atom is 0.0415 e. The van der Waals surface area contributed by atoms with E-state index in [-0.39, 0.29) is 5.41 Å². The van der Waals surface area contributed by atoms with Gasteiger partial charge in [0.2, 0.25) is 0 Å². The fourth-order valence-electron chi connectivity index (χ4n) is 1.82. The topological polar surface area (TPSA) is 0 Å². The Morgan fingerprint density at radius 1 is 0.824 bits per heavy atom. The molecule has 0 saturated carbocycles. The molecular weight excluding hydrogens is 228 g/mol. The fourth-order valence-corrected chi connectivity index (χ4v) is 2.06. The van der Waals surface area contributed by atoms with Crippen LogP contribution in [0.25, 0.3) is 11.1 Å². The van der Waals surface area contributed by atoms with Crippen molar-refractivity contribution in [3.63, 3.8) is 0 Å². The van der Waals surface area contributed by atoms with Gasteiger partial charge in [-0.1, -0.05) is 68.8 Å². The Hall–Kier alpha value is -1.27. The third kappa shape index (κ3) is 2.89. The Bertz CT molecular complexity index is 507. The van der Waals surface area contributed by atoms with E-state index in [0.29, 0.717) is 0 Å². The highest BCUT2D eigenvalue weighted by molar-refractivity contribution is 6.31. The van der Waals surface area contributed by atoms with Crippen LogP contribution in [0.5, 0.6) is 0 Å². The molecule has 0 aliphatic heterocycles. The van der Waals surface area contributed by atoms with Gasteiger partial charge in [-0.2, -0.15) is 0 Å². The summed E-state index contributed by atoms with van der Waals surface area (Å²) in [6.45, 7) is 6.61. The highest BCUT2D eigenvalue weighted by atomic mass is 35.5. The molecule has 0 fully saturated rings. The zero-order chi connectivity index (χ0) is 12.5. The van der Waals surface area contributed by atoms with Gasteiger partial charge in [0.25, 0.3) is 0 Å². The van der Waals surface area contributed by atoms with Crippen LogP contribution in [-0.2, 0) is 5.41 Å². The normalized spacial score (nSPS) is 11.5. The van der Waals surface area contributed by atoms with Gasteiger partial charge in [0.15, 0.2) is 0 Å². The zero-order valence-corrected chi connectivity index (χ0v) is 11.3. The predicted molar refractivity (Wildman–Crippen MR) is 75.6 cm³/mol. The smallest absolute Gasteiger partial charge is 0.0415 e. The minimum Gasteiger partial charge on any atom is -0.0843 e. The van der Waals surface area contributed by atoms with Crippen LogP contribution in [0.3, 0.4) is 0 Å².